The molecule has 0 radical (unpaired) electrons. The SMILES string of the molecule is Cc1cc(N)ccc1S(=O)(=O)NCC1CCOC1C. The zero-order valence-corrected chi connectivity index (χ0v) is 12.0. The van der Waals surface area contributed by atoms with Gasteiger partial charge in [0.1, 0.15) is 0 Å². The van der Waals surface area contributed by atoms with Crippen molar-refractivity contribution in [3.63, 3.8) is 0 Å². The van der Waals surface area contributed by atoms with Crippen LogP contribution in [0.15, 0.2) is 23.1 Å². The van der Waals surface area contributed by atoms with E-state index in [1.54, 1.807) is 25.1 Å². The number of sulfonamides is 1. The van der Waals surface area contributed by atoms with Gasteiger partial charge in [-0.3, -0.25) is 0 Å². The predicted octanol–water partition coefficient (Wildman–Crippen LogP) is 1.28. The lowest BCUT2D eigenvalue weighted by atomic mass is 10.0. The molecule has 0 aliphatic carbocycles. The Labute approximate surface area is 114 Å². The van der Waals surface area contributed by atoms with Crippen LogP contribution in [0.25, 0.3) is 0 Å². The van der Waals surface area contributed by atoms with Gasteiger partial charge in [0.2, 0.25) is 10.0 Å². The Hall–Kier alpha value is -1.11. The molecule has 106 valence electrons. The number of nitrogens with one attached hydrogen (secondary N) is 1. The fourth-order valence-electron chi connectivity index (χ4n) is 2.31. The monoisotopic (exact) mass is 284 g/mol. The van der Waals surface area contributed by atoms with Crippen LogP contribution in [-0.2, 0) is 14.8 Å². The fraction of sp³-hybridized carbons (Fsp3) is 0.538. The van der Waals surface area contributed by atoms with Gasteiger partial charge in [0, 0.05) is 24.8 Å². The molecular formula is C13H20N2O3S. The van der Waals surface area contributed by atoms with Gasteiger partial charge in [0.15, 0.2) is 0 Å². The maximum absolute atomic E-state index is 12.2. The van der Waals surface area contributed by atoms with E-state index in [0.29, 0.717) is 24.4 Å². The van der Waals surface area contributed by atoms with E-state index in [-0.39, 0.29) is 16.9 Å². The van der Waals surface area contributed by atoms with E-state index >= 15 is 0 Å². The van der Waals surface area contributed by atoms with Gasteiger partial charge in [-0.05, 0) is 44.0 Å². The molecule has 6 heteroatoms. The lowest BCUT2D eigenvalue weighted by Gasteiger charge is -2.15. The number of rotatable bonds is 4. The molecule has 5 nitrogen and oxygen atoms in total. The van der Waals surface area contributed by atoms with Gasteiger partial charge in [-0.25, -0.2) is 13.1 Å². The van der Waals surface area contributed by atoms with E-state index in [4.69, 9.17) is 10.5 Å². The summed E-state index contributed by atoms with van der Waals surface area (Å²) in [6.07, 6.45) is 1.000. The summed E-state index contributed by atoms with van der Waals surface area (Å²) in [5.41, 5.74) is 6.85. The molecule has 19 heavy (non-hydrogen) atoms. The number of hydrogen-bond acceptors (Lipinski definition) is 4. The molecular weight excluding hydrogens is 264 g/mol. The van der Waals surface area contributed by atoms with Crippen molar-refractivity contribution >= 4 is 15.7 Å². The predicted molar refractivity (Wildman–Crippen MR) is 74.3 cm³/mol. The highest BCUT2D eigenvalue weighted by atomic mass is 32.2. The van der Waals surface area contributed by atoms with Gasteiger partial charge < -0.3 is 10.5 Å². The average Bonchev–Trinajstić information content (AvgIpc) is 2.72. The minimum absolute atomic E-state index is 0.107. The first-order chi connectivity index (χ1) is 8.90. The molecule has 1 aliphatic rings. The molecule has 0 bridgehead atoms. The number of anilines is 1. The number of hydrogen-bond donors (Lipinski definition) is 2. The standard InChI is InChI=1S/C13H20N2O3S/c1-9-7-12(14)3-4-13(9)19(16,17)15-8-11-5-6-18-10(11)2/h3-4,7,10-11,15H,5-6,8,14H2,1-2H3. The van der Waals surface area contributed by atoms with E-state index < -0.39 is 10.0 Å². The third-order valence-electron chi connectivity index (χ3n) is 3.56. The van der Waals surface area contributed by atoms with Gasteiger partial charge in [-0.2, -0.15) is 0 Å². The van der Waals surface area contributed by atoms with Crippen LogP contribution in [0.4, 0.5) is 5.69 Å². The molecule has 0 amide bonds. The van der Waals surface area contributed by atoms with Crippen LogP contribution in [-0.4, -0.2) is 27.7 Å². The average molecular weight is 284 g/mol. The van der Waals surface area contributed by atoms with E-state index in [2.05, 4.69) is 4.72 Å². The summed E-state index contributed by atoms with van der Waals surface area (Å²) in [5, 5.41) is 0. The normalized spacial score (nSPS) is 23.7. The lowest BCUT2D eigenvalue weighted by Crippen LogP contribution is -2.32. The Bertz CT molecular complexity index is 557. The lowest BCUT2D eigenvalue weighted by molar-refractivity contribution is 0.107. The summed E-state index contributed by atoms with van der Waals surface area (Å²) in [7, 11) is -3.48. The van der Waals surface area contributed by atoms with Gasteiger partial charge in [0.25, 0.3) is 0 Å². The fourth-order valence-corrected chi connectivity index (χ4v) is 3.63. The van der Waals surface area contributed by atoms with Crippen LogP contribution in [0.3, 0.4) is 0 Å². The van der Waals surface area contributed by atoms with Crippen LogP contribution in [0, 0.1) is 12.8 Å². The van der Waals surface area contributed by atoms with Crippen LogP contribution in [0.5, 0.6) is 0 Å². The Morgan fingerprint density at radius 3 is 2.79 bits per heavy atom. The molecule has 2 atom stereocenters. The van der Waals surface area contributed by atoms with Crippen molar-refractivity contribution in [2.45, 2.75) is 31.3 Å². The molecule has 2 unspecified atom stereocenters. The molecule has 2 rings (SSSR count). The third-order valence-corrected chi connectivity index (χ3v) is 5.14. The highest BCUT2D eigenvalue weighted by molar-refractivity contribution is 7.89. The number of ether oxygens (including phenoxy) is 1. The second-order valence-electron chi connectivity index (χ2n) is 5.00. The minimum Gasteiger partial charge on any atom is -0.399 e. The molecule has 1 aliphatic heterocycles. The zero-order valence-electron chi connectivity index (χ0n) is 11.2. The second-order valence-corrected chi connectivity index (χ2v) is 6.74. The van der Waals surface area contributed by atoms with Crippen molar-refractivity contribution in [2.75, 3.05) is 18.9 Å². The van der Waals surface area contributed by atoms with Crippen molar-refractivity contribution in [1.29, 1.82) is 0 Å². The largest absolute Gasteiger partial charge is 0.399 e. The summed E-state index contributed by atoms with van der Waals surface area (Å²) in [5.74, 6) is 0.240. The van der Waals surface area contributed by atoms with Gasteiger partial charge >= 0.3 is 0 Å². The van der Waals surface area contributed by atoms with Crippen LogP contribution >= 0.6 is 0 Å². The Balaban J connectivity index is 2.09. The van der Waals surface area contributed by atoms with Crippen LogP contribution in [0.2, 0.25) is 0 Å². The summed E-state index contributed by atoms with van der Waals surface area (Å²) in [4.78, 5) is 0.285. The summed E-state index contributed by atoms with van der Waals surface area (Å²) in [6.45, 7) is 4.83. The van der Waals surface area contributed by atoms with Crippen molar-refractivity contribution < 1.29 is 13.2 Å². The molecule has 1 aromatic rings. The molecule has 1 aromatic carbocycles. The number of nitrogens with two attached hydrogens (primary N) is 1. The first kappa shape index (κ1) is 14.3. The van der Waals surface area contributed by atoms with Crippen LogP contribution in [0.1, 0.15) is 18.9 Å². The summed E-state index contributed by atoms with van der Waals surface area (Å²) < 4.78 is 32.6. The maximum atomic E-state index is 12.2. The molecule has 1 heterocycles. The Morgan fingerprint density at radius 1 is 1.47 bits per heavy atom. The zero-order chi connectivity index (χ0) is 14.0. The first-order valence-corrected chi connectivity index (χ1v) is 7.86. The van der Waals surface area contributed by atoms with Crippen molar-refractivity contribution in [1.82, 2.24) is 4.72 Å². The van der Waals surface area contributed by atoms with Gasteiger partial charge in [0.05, 0.1) is 11.0 Å². The molecule has 1 saturated heterocycles. The van der Waals surface area contributed by atoms with E-state index in [0.717, 1.165) is 6.42 Å². The van der Waals surface area contributed by atoms with Gasteiger partial charge in [-0.1, -0.05) is 0 Å². The highest BCUT2D eigenvalue weighted by Crippen LogP contribution is 2.21. The van der Waals surface area contributed by atoms with Crippen LogP contribution < -0.4 is 10.5 Å². The summed E-state index contributed by atoms with van der Waals surface area (Å²) >= 11 is 0. The highest BCUT2D eigenvalue weighted by Gasteiger charge is 2.26. The van der Waals surface area contributed by atoms with Crippen molar-refractivity contribution in [3.05, 3.63) is 23.8 Å². The molecule has 3 N–H and O–H groups in total. The maximum Gasteiger partial charge on any atom is 0.240 e. The van der Waals surface area contributed by atoms with Crippen molar-refractivity contribution in [2.24, 2.45) is 5.92 Å². The molecule has 1 fully saturated rings. The van der Waals surface area contributed by atoms with E-state index in [1.165, 1.54) is 0 Å². The number of benzene rings is 1. The Morgan fingerprint density at radius 2 is 2.21 bits per heavy atom. The van der Waals surface area contributed by atoms with E-state index in [1.807, 2.05) is 6.92 Å². The van der Waals surface area contributed by atoms with Crippen molar-refractivity contribution in [3.8, 4) is 0 Å². The Kier molecular flexibility index (Phi) is 4.13. The van der Waals surface area contributed by atoms with E-state index in [9.17, 15) is 8.42 Å². The smallest absolute Gasteiger partial charge is 0.240 e. The topological polar surface area (TPSA) is 81.4 Å². The van der Waals surface area contributed by atoms with Gasteiger partial charge in [-0.15, -0.1) is 0 Å². The molecule has 0 saturated carbocycles. The molecule has 0 aromatic heterocycles. The molecule has 0 spiro atoms. The number of aryl methyl sites for hydroxylation is 1. The second kappa shape index (κ2) is 5.48. The first-order valence-electron chi connectivity index (χ1n) is 6.37. The summed E-state index contributed by atoms with van der Waals surface area (Å²) in [6, 6.07) is 4.81. The quantitative estimate of drug-likeness (QED) is 0.816. The minimum atomic E-state index is -3.48. The number of nitrogen functional groups attached to an aromatic ring is 1. The third kappa shape index (κ3) is 3.26.